The van der Waals surface area contributed by atoms with Gasteiger partial charge in [-0.2, -0.15) is 0 Å². The van der Waals surface area contributed by atoms with Crippen LogP contribution in [0.15, 0.2) is 41.7 Å². The number of aromatic nitrogens is 1. The van der Waals surface area contributed by atoms with Gasteiger partial charge < -0.3 is 5.21 Å². The highest BCUT2D eigenvalue weighted by Crippen LogP contribution is 2.24. The third kappa shape index (κ3) is 1.66. The fraction of sp³-hybridized carbons (Fsp3) is 0.143. The summed E-state index contributed by atoms with van der Waals surface area (Å²) >= 11 is 0. The highest BCUT2D eigenvalue weighted by molar-refractivity contribution is 6.14. The molecule has 1 aliphatic carbocycles. The van der Waals surface area contributed by atoms with Gasteiger partial charge >= 0.3 is 0 Å². The molecule has 2 aromatic rings. The Balaban J connectivity index is 2.27. The Kier molecular flexibility index (Phi) is 2.55. The van der Waals surface area contributed by atoms with Crippen molar-refractivity contribution < 1.29 is 9.60 Å². The van der Waals surface area contributed by atoms with Crippen LogP contribution < -0.4 is 0 Å². The predicted octanol–water partition coefficient (Wildman–Crippen LogP) is 2.55. The Morgan fingerprint density at radius 2 is 2.06 bits per heavy atom. The molecule has 0 spiro atoms. The Labute approximate surface area is 104 Å². The predicted molar refractivity (Wildman–Crippen MR) is 65.5 cm³/mol. The Morgan fingerprint density at radius 1 is 1.17 bits per heavy atom. The van der Waals surface area contributed by atoms with Gasteiger partial charge in [0.05, 0.1) is 5.69 Å². The van der Waals surface area contributed by atoms with Crippen molar-refractivity contribution in [3.63, 3.8) is 0 Å². The summed E-state index contributed by atoms with van der Waals surface area (Å²) in [6.07, 6.45) is 3.23. The number of pyridine rings is 1. The minimum atomic E-state index is -0.331. The van der Waals surface area contributed by atoms with Crippen LogP contribution in [0.2, 0.25) is 0 Å². The summed E-state index contributed by atoms with van der Waals surface area (Å²) in [5, 5.41) is 12.6. The van der Waals surface area contributed by atoms with Crippen LogP contribution in [-0.4, -0.2) is 15.9 Å². The number of hydrogen-bond donors (Lipinski definition) is 1. The lowest BCUT2D eigenvalue weighted by Gasteiger charge is -2.07. The fourth-order valence-corrected chi connectivity index (χ4v) is 2.35. The van der Waals surface area contributed by atoms with Gasteiger partial charge in [0.2, 0.25) is 0 Å². The molecular weight excluding hydrogens is 231 g/mol. The van der Waals surface area contributed by atoms with Crippen LogP contribution in [0.1, 0.15) is 22.4 Å². The van der Waals surface area contributed by atoms with Crippen LogP contribution >= 0.6 is 0 Å². The van der Waals surface area contributed by atoms with Gasteiger partial charge in [0.1, 0.15) is 11.5 Å². The molecule has 1 aromatic carbocycles. The first-order valence-corrected chi connectivity index (χ1v) is 5.74. The standard InChI is InChI=1S/C14H11FN2O/c15-10-5-3-9-4-6-13-11(2-1-7-16-13)14(17-18)12(9)8-10/h1-3,5,7-8,18H,4,6H2. The third-order valence-electron chi connectivity index (χ3n) is 3.20. The van der Waals surface area contributed by atoms with Gasteiger partial charge in [-0.3, -0.25) is 4.98 Å². The highest BCUT2D eigenvalue weighted by atomic mass is 19.1. The molecule has 1 N–H and O–H groups in total. The van der Waals surface area contributed by atoms with Gasteiger partial charge in [0.15, 0.2) is 0 Å². The molecule has 90 valence electrons. The van der Waals surface area contributed by atoms with E-state index in [0.717, 1.165) is 29.7 Å². The number of rotatable bonds is 0. The first-order chi connectivity index (χ1) is 8.79. The number of nitrogens with zero attached hydrogens (tertiary/aromatic N) is 2. The van der Waals surface area contributed by atoms with E-state index in [9.17, 15) is 9.60 Å². The van der Waals surface area contributed by atoms with Crippen molar-refractivity contribution in [3.8, 4) is 0 Å². The van der Waals surface area contributed by atoms with E-state index >= 15 is 0 Å². The summed E-state index contributed by atoms with van der Waals surface area (Å²) in [7, 11) is 0. The lowest BCUT2D eigenvalue weighted by molar-refractivity contribution is 0.319. The van der Waals surface area contributed by atoms with E-state index in [1.807, 2.05) is 6.07 Å². The summed E-state index contributed by atoms with van der Waals surface area (Å²) < 4.78 is 13.4. The summed E-state index contributed by atoms with van der Waals surface area (Å²) in [6, 6.07) is 8.21. The molecule has 1 heterocycles. The van der Waals surface area contributed by atoms with Crippen LogP contribution in [0, 0.1) is 5.82 Å². The van der Waals surface area contributed by atoms with E-state index in [2.05, 4.69) is 10.1 Å². The first kappa shape index (κ1) is 10.9. The number of fused-ring (bicyclic) bond motifs is 2. The highest BCUT2D eigenvalue weighted by Gasteiger charge is 2.21. The minimum Gasteiger partial charge on any atom is -0.410 e. The average Bonchev–Trinajstić information content (AvgIpc) is 2.54. The van der Waals surface area contributed by atoms with Crippen molar-refractivity contribution >= 4 is 5.71 Å². The van der Waals surface area contributed by atoms with E-state index in [4.69, 9.17) is 0 Å². The van der Waals surface area contributed by atoms with Crippen LogP contribution in [0.3, 0.4) is 0 Å². The molecule has 0 radical (unpaired) electrons. The van der Waals surface area contributed by atoms with E-state index in [-0.39, 0.29) is 5.82 Å². The molecule has 0 saturated heterocycles. The van der Waals surface area contributed by atoms with Crippen LogP contribution in [-0.2, 0) is 12.8 Å². The maximum atomic E-state index is 13.4. The maximum absolute atomic E-state index is 13.4. The number of oxime groups is 1. The number of aryl methyl sites for hydroxylation is 2. The quantitative estimate of drug-likeness (QED) is 0.570. The minimum absolute atomic E-state index is 0.331. The third-order valence-corrected chi connectivity index (χ3v) is 3.20. The van der Waals surface area contributed by atoms with Gasteiger partial charge in [0.25, 0.3) is 0 Å². The molecule has 3 rings (SSSR count). The summed E-state index contributed by atoms with van der Waals surface area (Å²) in [4.78, 5) is 4.30. The monoisotopic (exact) mass is 242 g/mol. The van der Waals surface area contributed by atoms with E-state index in [1.54, 1.807) is 18.3 Å². The van der Waals surface area contributed by atoms with Gasteiger partial charge in [-0.25, -0.2) is 4.39 Å². The average molecular weight is 242 g/mol. The summed E-state index contributed by atoms with van der Waals surface area (Å²) in [5.41, 5.74) is 3.66. The molecule has 1 aliphatic rings. The zero-order chi connectivity index (χ0) is 12.5. The molecular formula is C14H11FN2O. The number of halogens is 1. The lowest BCUT2D eigenvalue weighted by atomic mass is 9.99. The lowest BCUT2D eigenvalue weighted by Crippen LogP contribution is -2.07. The van der Waals surface area contributed by atoms with E-state index in [1.165, 1.54) is 12.1 Å². The van der Waals surface area contributed by atoms with Crippen molar-refractivity contribution in [3.05, 3.63) is 64.7 Å². The normalized spacial score (nSPS) is 15.9. The van der Waals surface area contributed by atoms with Crippen molar-refractivity contribution in [2.24, 2.45) is 5.16 Å². The summed E-state index contributed by atoms with van der Waals surface area (Å²) in [5.74, 6) is -0.331. The molecule has 0 atom stereocenters. The largest absolute Gasteiger partial charge is 0.410 e. The molecule has 0 aliphatic heterocycles. The van der Waals surface area contributed by atoms with Gasteiger partial charge in [-0.15, -0.1) is 0 Å². The Morgan fingerprint density at radius 3 is 2.89 bits per heavy atom. The van der Waals surface area contributed by atoms with Gasteiger partial charge in [-0.1, -0.05) is 11.2 Å². The second-order valence-electron chi connectivity index (χ2n) is 4.25. The SMILES string of the molecule is ON=C1c2cc(F)ccc2CCc2ncccc21. The molecule has 4 heteroatoms. The second-order valence-corrected chi connectivity index (χ2v) is 4.25. The Bertz CT molecular complexity index is 637. The summed E-state index contributed by atoms with van der Waals surface area (Å²) in [6.45, 7) is 0. The first-order valence-electron chi connectivity index (χ1n) is 5.74. The number of hydrogen-bond acceptors (Lipinski definition) is 3. The molecule has 18 heavy (non-hydrogen) atoms. The maximum Gasteiger partial charge on any atom is 0.123 e. The molecule has 0 amide bonds. The van der Waals surface area contributed by atoms with Crippen molar-refractivity contribution in [1.29, 1.82) is 0 Å². The zero-order valence-electron chi connectivity index (χ0n) is 9.60. The van der Waals surface area contributed by atoms with E-state index in [0.29, 0.717) is 11.3 Å². The van der Waals surface area contributed by atoms with Gasteiger partial charge in [-0.05, 0) is 42.7 Å². The molecule has 3 nitrogen and oxygen atoms in total. The topological polar surface area (TPSA) is 45.5 Å². The molecule has 0 saturated carbocycles. The zero-order valence-corrected chi connectivity index (χ0v) is 9.60. The smallest absolute Gasteiger partial charge is 0.123 e. The Hall–Kier alpha value is -2.23. The fourth-order valence-electron chi connectivity index (χ4n) is 2.35. The van der Waals surface area contributed by atoms with Crippen LogP contribution in [0.5, 0.6) is 0 Å². The van der Waals surface area contributed by atoms with Crippen LogP contribution in [0.4, 0.5) is 4.39 Å². The van der Waals surface area contributed by atoms with Crippen molar-refractivity contribution in [2.75, 3.05) is 0 Å². The second kappa shape index (κ2) is 4.22. The van der Waals surface area contributed by atoms with Crippen molar-refractivity contribution in [1.82, 2.24) is 4.98 Å². The van der Waals surface area contributed by atoms with Crippen LogP contribution in [0.25, 0.3) is 0 Å². The molecule has 0 unspecified atom stereocenters. The molecule has 1 aromatic heterocycles. The van der Waals surface area contributed by atoms with Gasteiger partial charge in [0, 0.05) is 17.3 Å². The van der Waals surface area contributed by atoms with E-state index < -0.39 is 0 Å². The molecule has 0 fully saturated rings. The molecule has 0 bridgehead atoms. The van der Waals surface area contributed by atoms with Crippen molar-refractivity contribution in [2.45, 2.75) is 12.8 Å². The number of benzene rings is 1.